The Labute approximate surface area is 330 Å². The molecule has 4 aromatic rings. The van der Waals surface area contributed by atoms with Crippen molar-refractivity contribution in [2.45, 2.75) is 84.5 Å². The van der Waals surface area contributed by atoms with Crippen LogP contribution in [-0.4, -0.2) is 63.8 Å². The highest BCUT2D eigenvalue weighted by molar-refractivity contribution is 6.39. The third-order valence-corrected chi connectivity index (χ3v) is 11.1. The van der Waals surface area contributed by atoms with Crippen LogP contribution >= 0.6 is 23.2 Å². The Morgan fingerprint density at radius 1 is 0.836 bits per heavy atom. The minimum absolute atomic E-state index is 0.0283. The van der Waals surface area contributed by atoms with E-state index in [2.05, 4.69) is 10.3 Å². The van der Waals surface area contributed by atoms with E-state index in [1.165, 1.54) is 0 Å². The number of carbonyl (C=O) groups excluding carboxylic acids is 4. The van der Waals surface area contributed by atoms with Crippen LogP contribution in [0.2, 0.25) is 10.0 Å². The highest BCUT2D eigenvalue weighted by atomic mass is 35.5. The monoisotopic (exact) mass is 783 g/mol. The average molecular weight is 785 g/mol. The van der Waals surface area contributed by atoms with E-state index in [4.69, 9.17) is 37.7 Å². The summed E-state index contributed by atoms with van der Waals surface area (Å²) in [5.41, 5.74) is 1.89. The van der Waals surface area contributed by atoms with Crippen LogP contribution in [0, 0.1) is 5.92 Å². The number of halogens is 2. The maximum absolute atomic E-state index is 13.5. The van der Waals surface area contributed by atoms with Crippen molar-refractivity contribution in [1.29, 1.82) is 0 Å². The molecule has 3 aliphatic heterocycles. The fourth-order valence-corrected chi connectivity index (χ4v) is 8.03. The summed E-state index contributed by atoms with van der Waals surface area (Å²) in [6, 6.07) is 14.9. The molecule has 0 saturated carbocycles. The van der Waals surface area contributed by atoms with Crippen molar-refractivity contribution >= 4 is 58.3 Å². The minimum atomic E-state index is -1.15. The van der Waals surface area contributed by atoms with Crippen LogP contribution in [0.4, 0.5) is 11.6 Å². The number of benzene rings is 2. The second-order valence-electron chi connectivity index (χ2n) is 15.6. The maximum atomic E-state index is 13.5. The van der Waals surface area contributed by atoms with E-state index in [1.54, 1.807) is 56.8 Å². The quantitative estimate of drug-likeness (QED) is 0.171. The lowest BCUT2D eigenvalue weighted by Gasteiger charge is -2.39. The molecule has 2 aromatic heterocycles. The molecule has 0 bridgehead atoms. The molecule has 2 aromatic carbocycles. The predicted octanol–water partition coefficient (Wildman–Crippen LogP) is 8.08. The number of anilines is 2. The minimum Gasteiger partial charge on any atom is -0.474 e. The molecular weight excluding hydrogens is 741 g/mol. The Morgan fingerprint density at radius 2 is 1.33 bits per heavy atom. The lowest BCUT2D eigenvalue weighted by molar-refractivity contribution is -0.133. The molecule has 0 spiro atoms. The number of nitrogens with zero attached hydrogens (tertiary/aromatic N) is 4. The van der Waals surface area contributed by atoms with E-state index in [1.807, 2.05) is 55.5 Å². The summed E-state index contributed by atoms with van der Waals surface area (Å²) >= 11 is 14.4. The van der Waals surface area contributed by atoms with Crippen LogP contribution in [-0.2, 0) is 19.2 Å². The zero-order valence-electron chi connectivity index (χ0n) is 31.7. The SMILES string of the molecule is CC(=O)CC[C@H](C)CN1C(=O)C(C)(C)Oc2cc(-c3cccc(-c4cccc(-c5cnc6c(c5)OC(C)(C)C(=O)N6C[C@@H]5CCC(=O)N5)c4Cl)c3Cl)cnc21. The summed E-state index contributed by atoms with van der Waals surface area (Å²) in [4.78, 5) is 63.0. The molecule has 11 nitrogen and oxygen atoms in total. The third kappa shape index (κ3) is 7.39. The number of carbonyl (C=O) groups is 4. The van der Waals surface area contributed by atoms with Gasteiger partial charge in [0.25, 0.3) is 11.8 Å². The van der Waals surface area contributed by atoms with Crippen LogP contribution in [0.5, 0.6) is 11.5 Å². The average Bonchev–Trinajstić information content (AvgIpc) is 3.55. The van der Waals surface area contributed by atoms with Crippen molar-refractivity contribution in [2.24, 2.45) is 5.92 Å². The van der Waals surface area contributed by atoms with Crippen LogP contribution in [0.3, 0.4) is 0 Å². The van der Waals surface area contributed by atoms with Gasteiger partial charge < -0.3 is 19.6 Å². The molecule has 1 saturated heterocycles. The van der Waals surface area contributed by atoms with Gasteiger partial charge in [-0.1, -0.05) is 66.5 Å². The number of fused-ring (bicyclic) bond motifs is 2. The molecule has 0 radical (unpaired) electrons. The number of nitrogens with one attached hydrogen (secondary N) is 1. The van der Waals surface area contributed by atoms with Crippen molar-refractivity contribution in [3.05, 3.63) is 71.0 Å². The predicted molar refractivity (Wildman–Crippen MR) is 213 cm³/mol. The number of aromatic nitrogens is 2. The number of Topliss-reactive ketones (excluding diaryl/α,β-unsaturated/α-hetero) is 1. The summed E-state index contributed by atoms with van der Waals surface area (Å²) < 4.78 is 12.4. The lowest BCUT2D eigenvalue weighted by atomic mass is 9.96. The molecule has 0 aliphatic carbocycles. The van der Waals surface area contributed by atoms with Crippen LogP contribution in [0.1, 0.15) is 67.2 Å². The molecular formula is C42H43Cl2N5O6. The molecule has 2 atom stereocenters. The van der Waals surface area contributed by atoms with Gasteiger partial charge in [0.15, 0.2) is 34.3 Å². The van der Waals surface area contributed by atoms with Crippen molar-refractivity contribution in [2.75, 3.05) is 22.9 Å². The van der Waals surface area contributed by atoms with E-state index in [9.17, 15) is 19.2 Å². The standard InChI is InChI=1S/C42H43Cl2N5O6/c1-23(13-14-24(2)50)21-48-37-32(54-41(3,4)39(48)52)17-25(19-45-37)28-9-7-11-30(35(28)43)31-12-8-10-29(36(31)44)26-18-33-38(46-20-26)49(40(53)42(5,6)55-33)22-27-15-16-34(51)47-27/h7-12,17-20,23,27H,13-16,21-22H2,1-6H3,(H,47,51)/t23-,27-/m0/s1. The molecule has 1 fully saturated rings. The van der Waals surface area contributed by atoms with Gasteiger partial charge in [-0.15, -0.1) is 0 Å². The molecule has 55 heavy (non-hydrogen) atoms. The zero-order valence-corrected chi connectivity index (χ0v) is 33.2. The first kappa shape index (κ1) is 38.3. The van der Waals surface area contributed by atoms with Gasteiger partial charge in [0, 0.05) is 77.7 Å². The van der Waals surface area contributed by atoms with E-state index >= 15 is 0 Å². The van der Waals surface area contributed by atoms with Crippen LogP contribution < -0.4 is 24.6 Å². The molecule has 1 N–H and O–H groups in total. The first-order valence-corrected chi connectivity index (χ1v) is 19.2. The Morgan fingerprint density at radius 3 is 1.82 bits per heavy atom. The van der Waals surface area contributed by atoms with Crippen molar-refractivity contribution in [3.8, 4) is 44.9 Å². The fraction of sp³-hybridized carbons (Fsp3) is 0.381. The van der Waals surface area contributed by atoms with E-state index in [0.29, 0.717) is 105 Å². The number of hydrogen-bond donors (Lipinski definition) is 1. The Kier molecular flexibility index (Phi) is 10.1. The molecule has 0 unspecified atom stereocenters. The summed E-state index contributed by atoms with van der Waals surface area (Å²) in [6.45, 7) is 11.2. The van der Waals surface area contributed by atoms with Gasteiger partial charge in [-0.2, -0.15) is 0 Å². The second-order valence-corrected chi connectivity index (χ2v) is 16.4. The maximum Gasteiger partial charge on any atom is 0.271 e. The molecule has 13 heteroatoms. The number of amides is 3. The molecule has 3 amide bonds. The van der Waals surface area contributed by atoms with Gasteiger partial charge in [-0.05, 0) is 65.5 Å². The third-order valence-electron chi connectivity index (χ3n) is 10.3. The summed E-state index contributed by atoms with van der Waals surface area (Å²) in [5, 5.41) is 3.83. The van der Waals surface area contributed by atoms with E-state index in [-0.39, 0.29) is 35.5 Å². The van der Waals surface area contributed by atoms with Gasteiger partial charge in [0.05, 0.1) is 10.0 Å². The van der Waals surface area contributed by atoms with Crippen LogP contribution in [0.15, 0.2) is 60.9 Å². The zero-order chi connectivity index (χ0) is 39.4. The van der Waals surface area contributed by atoms with Crippen molar-refractivity contribution < 1.29 is 28.7 Å². The van der Waals surface area contributed by atoms with E-state index < -0.39 is 11.2 Å². The van der Waals surface area contributed by atoms with Gasteiger partial charge >= 0.3 is 0 Å². The Bertz CT molecular complexity index is 2240. The number of rotatable bonds is 10. The first-order chi connectivity index (χ1) is 26.0. The summed E-state index contributed by atoms with van der Waals surface area (Å²) in [7, 11) is 0. The van der Waals surface area contributed by atoms with Crippen LogP contribution in [0.25, 0.3) is 33.4 Å². The highest BCUT2D eigenvalue weighted by Gasteiger charge is 2.44. The second kappa shape index (κ2) is 14.6. The van der Waals surface area contributed by atoms with Gasteiger partial charge in [-0.3, -0.25) is 24.2 Å². The molecule has 5 heterocycles. The lowest BCUT2D eigenvalue weighted by Crippen LogP contribution is -2.55. The van der Waals surface area contributed by atoms with Crippen molar-refractivity contribution in [3.63, 3.8) is 0 Å². The largest absolute Gasteiger partial charge is 0.474 e. The molecule has 286 valence electrons. The Balaban J connectivity index is 1.20. The number of ketones is 1. The van der Waals surface area contributed by atoms with Gasteiger partial charge in [0.2, 0.25) is 5.91 Å². The fourth-order valence-electron chi connectivity index (χ4n) is 7.36. The van der Waals surface area contributed by atoms with Gasteiger partial charge in [-0.25, -0.2) is 9.97 Å². The topological polar surface area (TPSA) is 131 Å². The summed E-state index contributed by atoms with van der Waals surface area (Å²) in [5.74, 6) is 1.44. The Hall–Kier alpha value is -5.00. The molecule has 7 rings (SSSR count). The van der Waals surface area contributed by atoms with E-state index in [0.717, 1.165) is 0 Å². The normalized spacial score (nSPS) is 18.9. The molecule has 3 aliphatic rings. The first-order valence-electron chi connectivity index (χ1n) is 18.4. The number of pyridine rings is 2. The number of ether oxygens (including phenoxy) is 2. The van der Waals surface area contributed by atoms with Crippen molar-refractivity contribution in [1.82, 2.24) is 15.3 Å². The van der Waals surface area contributed by atoms with Gasteiger partial charge in [0.1, 0.15) is 5.78 Å². The number of hydrogen-bond acceptors (Lipinski definition) is 8. The smallest absolute Gasteiger partial charge is 0.271 e. The summed E-state index contributed by atoms with van der Waals surface area (Å²) in [6.07, 6.45) is 5.52. The highest BCUT2D eigenvalue weighted by Crippen LogP contribution is 2.46.